The molecule has 1 fully saturated rings. The first-order chi connectivity index (χ1) is 10.4. The van der Waals surface area contributed by atoms with Gasteiger partial charge in [-0.05, 0) is 23.4 Å². The van der Waals surface area contributed by atoms with Gasteiger partial charge in [0, 0.05) is 39.7 Å². The molecule has 1 atom stereocenters. The van der Waals surface area contributed by atoms with Crippen LogP contribution in [0.4, 0.5) is 13.2 Å². The zero-order valence-corrected chi connectivity index (χ0v) is 13.4. The molecule has 2 heterocycles. The van der Waals surface area contributed by atoms with Crippen LogP contribution in [0.1, 0.15) is 16.9 Å². The Morgan fingerprint density at radius 1 is 1.55 bits per heavy atom. The smallest absolute Gasteiger partial charge is 0.381 e. The molecule has 0 aromatic carbocycles. The van der Waals surface area contributed by atoms with Crippen LogP contribution < -0.4 is 5.32 Å². The summed E-state index contributed by atoms with van der Waals surface area (Å²) in [7, 11) is 3.58. The van der Waals surface area contributed by atoms with E-state index >= 15 is 0 Å². The number of alkyl halides is 3. The van der Waals surface area contributed by atoms with Crippen LogP contribution in [0.2, 0.25) is 0 Å². The quantitative estimate of drug-likeness (QED) is 0.679. The van der Waals surface area contributed by atoms with E-state index in [1.807, 2.05) is 11.9 Å². The zero-order valence-electron chi connectivity index (χ0n) is 12.6. The van der Waals surface area contributed by atoms with Gasteiger partial charge in [0.15, 0.2) is 5.96 Å². The summed E-state index contributed by atoms with van der Waals surface area (Å²) in [6.07, 6.45) is -3.25. The van der Waals surface area contributed by atoms with Crippen LogP contribution in [-0.2, 0) is 17.5 Å². The minimum absolute atomic E-state index is 0.324. The molecule has 0 aliphatic carbocycles. The summed E-state index contributed by atoms with van der Waals surface area (Å²) in [5.74, 6) is 1.15. The van der Waals surface area contributed by atoms with Gasteiger partial charge in [0.05, 0.1) is 6.61 Å². The third-order valence-corrected chi connectivity index (χ3v) is 4.54. The van der Waals surface area contributed by atoms with Crippen molar-refractivity contribution in [2.24, 2.45) is 10.9 Å². The van der Waals surface area contributed by atoms with E-state index < -0.39 is 11.1 Å². The first-order valence-electron chi connectivity index (χ1n) is 7.04. The van der Waals surface area contributed by atoms with E-state index in [0.29, 0.717) is 35.3 Å². The minimum Gasteiger partial charge on any atom is -0.381 e. The van der Waals surface area contributed by atoms with Crippen LogP contribution in [0, 0.1) is 5.92 Å². The second-order valence-corrected chi connectivity index (χ2v) is 6.24. The van der Waals surface area contributed by atoms with Crippen LogP contribution >= 0.6 is 11.3 Å². The van der Waals surface area contributed by atoms with Gasteiger partial charge in [-0.2, -0.15) is 13.2 Å². The van der Waals surface area contributed by atoms with Crippen molar-refractivity contribution in [3.8, 4) is 0 Å². The maximum Gasteiger partial charge on any atom is 0.425 e. The molecule has 1 unspecified atom stereocenters. The Kier molecular flexibility index (Phi) is 5.69. The highest BCUT2D eigenvalue weighted by Gasteiger charge is 2.32. The minimum atomic E-state index is -4.27. The lowest BCUT2D eigenvalue weighted by Gasteiger charge is -2.24. The number of ether oxygens (including phenoxy) is 1. The fraction of sp³-hybridized carbons (Fsp3) is 0.643. The molecular weight excluding hydrogens is 315 g/mol. The molecule has 8 heteroatoms. The van der Waals surface area contributed by atoms with E-state index in [9.17, 15) is 13.2 Å². The van der Waals surface area contributed by atoms with Crippen molar-refractivity contribution in [1.29, 1.82) is 0 Å². The van der Waals surface area contributed by atoms with Gasteiger partial charge < -0.3 is 15.0 Å². The SMILES string of the molecule is CN=C(NCc1csc(C(F)(F)F)c1)N(C)CC1CCOC1. The lowest BCUT2D eigenvalue weighted by atomic mass is 10.1. The molecule has 1 aromatic heterocycles. The van der Waals surface area contributed by atoms with Crippen molar-refractivity contribution in [2.75, 3.05) is 33.9 Å². The lowest BCUT2D eigenvalue weighted by Crippen LogP contribution is -2.41. The fourth-order valence-corrected chi connectivity index (χ4v) is 3.17. The molecule has 0 radical (unpaired) electrons. The van der Waals surface area contributed by atoms with E-state index in [1.54, 1.807) is 7.05 Å². The van der Waals surface area contributed by atoms with Gasteiger partial charge in [-0.25, -0.2) is 0 Å². The molecule has 1 aromatic rings. The molecule has 0 saturated carbocycles. The van der Waals surface area contributed by atoms with Crippen LogP contribution in [0.5, 0.6) is 0 Å². The summed E-state index contributed by atoms with van der Waals surface area (Å²) in [6.45, 7) is 2.68. The number of aliphatic imine (C=N–C) groups is 1. The van der Waals surface area contributed by atoms with Crippen molar-refractivity contribution in [2.45, 2.75) is 19.1 Å². The van der Waals surface area contributed by atoms with Crippen molar-refractivity contribution in [3.63, 3.8) is 0 Å². The van der Waals surface area contributed by atoms with E-state index in [0.717, 1.165) is 26.2 Å². The maximum absolute atomic E-state index is 12.6. The Morgan fingerprint density at radius 3 is 2.86 bits per heavy atom. The monoisotopic (exact) mass is 335 g/mol. The number of hydrogen-bond donors (Lipinski definition) is 1. The topological polar surface area (TPSA) is 36.9 Å². The second-order valence-electron chi connectivity index (χ2n) is 5.33. The summed E-state index contributed by atoms with van der Waals surface area (Å²) in [6, 6.07) is 1.18. The fourth-order valence-electron chi connectivity index (χ4n) is 2.38. The normalized spacial score (nSPS) is 19.5. The Balaban J connectivity index is 1.86. The van der Waals surface area contributed by atoms with Crippen LogP contribution in [0.3, 0.4) is 0 Å². The molecular formula is C14H20F3N3OS. The van der Waals surface area contributed by atoms with E-state index in [-0.39, 0.29) is 0 Å². The van der Waals surface area contributed by atoms with E-state index in [1.165, 1.54) is 11.4 Å². The molecule has 2 rings (SSSR count). The average Bonchev–Trinajstić information content (AvgIpc) is 3.09. The standard InChI is InChI=1S/C14H20F3N3OS/c1-18-13(20(2)7-10-3-4-21-8-10)19-6-11-5-12(22-9-11)14(15,16)17/h5,9-10H,3-4,6-8H2,1-2H3,(H,18,19). The van der Waals surface area contributed by atoms with Gasteiger partial charge in [0.2, 0.25) is 0 Å². The predicted molar refractivity (Wildman–Crippen MR) is 81.1 cm³/mol. The zero-order chi connectivity index (χ0) is 16.2. The Morgan fingerprint density at radius 2 is 2.32 bits per heavy atom. The lowest BCUT2D eigenvalue weighted by molar-refractivity contribution is -0.134. The molecule has 0 amide bonds. The highest BCUT2D eigenvalue weighted by Crippen LogP contribution is 2.34. The molecule has 1 aliphatic rings. The molecule has 4 nitrogen and oxygen atoms in total. The highest BCUT2D eigenvalue weighted by atomic mass is 32.1. The first-order valence-corrected chi connectivity index (χ1v) is 7.92. The molecule has 22 heavy (non-hydrogen) atoms. The van der Waals surface area contributed by atoms with Crippen molar-refractivity contribution >= 4 is 17.3 Å². The summed E-state index contributed by atoms with van der Waals surface area (Å²) in [5, 5.41) is 4.62. The van der Waals surface area contributed by atoms with Crippen molar-refractivity contribution < 1.29 is 17.9 Å². The molecule has 124 valence electrons. The average molecular weight is 335 g/mol. The summed E-state index contributed by atoms with van der Waals surface area (Å²) >= 11 is 0.715. The molecule has 1 aliphatic heterocycles. The summed E-state index contributed by atoms with van der Waals surface area (Å²) < 4.78 is 43.0. The molecule has 0 bridgehead atoms. The number of thiophene rings is 1. The van der Waals surface area contributed by atoms with E-state index in [2.05, 4.69) is 10.3 Å². The van der Waals surface area contributed by atoms with Crippen LogP contribution in [0.15, 0.2) is 16.4 Å². The Hall–Kier alpha value is -1.28. The van der Waals surface area contributed by atoms with Gasteiger partial charge in [0.1, 0.15) is 4.88 Å². The number of hydrogen-bond acceptors (Lipinski definition) is 3. The number of rotatable bonds is 4. The molecule has 1 saturated heterocycles. The number of nitrogens with zero attached hydrogens (tertiary/aromatic N) is 2. The largest absolute Gasteiger partial charge is 0.425 e. The third-order valence-electron chi connectivity index (χ3n) is 3.51. The number of nitrogens with one attached hydrogen (secondary N) is 1. The number of guanidine groups is 1. The van der Waals surface area contributed by atoms with Gasteiger partial charge in [-0.1, -0.05) is 0 Å². The van der Waals surface area contributed by atoms with Crippen molar-refractivity contribution in [3.05, 3.63) is 21.9 Å². The summed E-state index contributed by atoms with van der Waals surface area (Å²) in [4.78, 5) is 5.58. The van der Waals surface area contributed by atoms with Crippen LogP contribution in [-0.4, -0.2) is 44.7 Å². The van der Waals surface area contributed by atoms with Gasteiger partial charge in [-0.3, -0.25) is 4.99 Å². The van der Waals surface area contributed by atoms with Gasteiger partial charge in [-0.15, -0.1) is 11.3 Å². The van der Waals surface area contributed by atoms with Crippen LogP contribution in [0.25, 0.3) is 0 Å². The summed E-state index contributed by atoms with van der Waals surface area (Å²) in [5.41, 5.74) is 0.607. The predicted octanol–water partition coefficient (Wildman–Crippen LogP) is 2.81. The van der Waals surface area contributed by atoms with Gasteiger partial charge >= 0.3 is 6.18 Å². The van der Waals surface area contributed by atoms with Crippen molar-refractivity contribution in [1.82, 2.24) is 10.2 Å². The molecule has 0 spiro atoms. The number of halogens is 3. The highest BCUT2D eigenvalue weighted by molar-refractivity contribution is 7.10. The maximum atomic E-state index is 12.6. The Bertz CT molecular complexity index is 510. The second kappa shape index (κ2) is 7.32. The third kappa shape index (κ3) is 4.61. The van der Waals surface area contributed by atoms with E-state index in [4.69, 9.17) is 4.74 Å². The molecule has 1 N–H and O–H groups in total. The Labute approximate surface area is 132 Å². The van der Waals surface area contributed by atoms with Gasteiger partial charge in [0.25, 0.3) is 0 Å². The first kappa shape index (κ1) is 17.1.